The third kappa shape index (κ3) is 4.48. The largest absolute Gasteiger partial charge is 0.343 e. The molecule has 1 saturated heterocycles. The molecule has 2 aromatic rings. The van der Waals surface area contributed by atoms with Gasteiger partial charge in [0.1, 0.15) is 6.17 Å². The van der Waals surface area contributed by atoms with Gasteiger partial charge in [0.15, 0.2) is 5.69 Å². The van der Waals surface area contributed by atoms with Gasteiger partial charge in [-0.05, 0) is 30.0 Å². The molecule has 1 amide bonds. The number of nitrogens with zero attached hydrogens (tertiary/aromatic N) is 5. The van der Waals surface area contributed by atoms with Gasteiger partial charge in [0.25, 0.3) is 5.91 Å². The van der Waals surface area contributed by atoms with Crippen LogP contribution in [0.5, 0.6) is 0 Å². The molecule has 10 heteroatoms. The number of carbonyl (C=O) groups is 1. The smallest absolute Gasteiger partial charge is 0.275 e. The maximum Gasteiger partial charge on any atom is 0.275 e. The maximum absolute atomic E-state index is 14.2. The van der Waals surface area contributed by atoms with Crippen LogP contribution in [-0.2, 0) is 16.6 Å². The van der Waals surface area contributed by atoms with Gasteiger partial charge < -0.3 is 4.90 Å². The number of sulfonamides is 1. The van der Waals surface area contributed by atoms with Crippen molar-refractivity contribution in [1.82, 2.24) is 24.2 Å². The predicted molar refractivity (Wildman–Crippen MR) is 106 cm³/mol. The number of amides is 1. The summed E-state index contributed by atoms with van der Waals surface area (Å²) in [6, 6.07) is 6.09. The molecule has 0 unspecified atom stereocenters. The minimum Gasteiger partial charge on any atom is -0.343 e. The fraction of sp³-hybridized carbons (Fsp3) is 0.526. The number of benzene rings is 1. The summed E-state index contributed by atoms with van der Waals surface area (Å²) in [6.45, 7) is 3.98. The van der Waals surface area contributed by atoms with E-state index in [0.29, 0.717) is 0 Å². The molecule has 2 heterocycles. The molecule has 0 spiro atoms. The molecular formula is C19H26FN5O3S. The first-order valence-electron chi connectivity index (χ1n) is 9.47. The van der Waals surface area contributed by atoms with Crippen molar-refractivity contribution in [3.8, 4) is 0 Å². The van der Waals surface area contributed by atoms with Crippen LogP contribution < -0.4 is 0 Å². The summed E-state index contributed by atoms with van der Waals surface area (Å²) in [7, 11) is -0.646. The fourth-order valence-electron chi connectivity index (χ4n) is 3.38. The van der Waals surface area contributed by atoms with Crippen molar-refractivity contribution in [1.29, 1.82) is 0 Å². The summed E-state index contributed by atoms with van der Waals surface area (Å²) in [4.78, 5) is 13.5. The van der Waals surface area contributed by atoms with E-state index in [1.54, 1.807) is 38.4 Å². The summed E-state index contributed by atoms with van der Waals surface area (Å²) in [5.74, 6) is -0.0198. The molecule has 2 atom stereocenters. The molecule has 1 fully saturated rings. The minimum atomic E-state index is -3.85. The maximum atomic E-state index is 14.2. The van der Waals surface area contributed by atoms with E-state index in [-0.39, 0.29) is 41.9 Å². The molecule has 0 bridgehead atoms. The average molecular weight is 424 g/mol. The van der Waals surface area contributed by atoms with Crippen molar-refractivity contribution in [3.05, 3.63) is 41.7 Å². The van der Waals surface area contributed by atoms with Gasteiger partial charge in [-0.15, -0.1) is 5.10 Å². The topological polar surface area (TPSA) is 88.4 Å². The lowest BCUT2D eigenvalue weighted by Crippen LogP contribution is -2.38. The predicted octanol–water partition coefficient (Wildman–Crippen LogP) is 1.90. The number of aromatic nitrogens is 3. The Kier molecular flexibility index (Phi) is 6.04. The number of rotatable bonds is 6. The molecule has 1 aromatic heterocycles. The molecule has 0 aliphatic carbocycles. The van der Waals surface area contributed by atoms with Gasteiger partial charge in [0.2, 0.25) is 10.0 Å². The highest BCUT2D eigenvalue weighted by Gasteiger charge is 2.40. The second kappa shape index (κ2) is 8.19. The Balaban J connectivity index is 1.82. The minimum absolute atomic E-state index is 0.0696. The zero-order valence-corrected chi connectivity index (χ0v) is 17.8. The molecule has 0 saturated carbocycles. The second-order valence-electron chi connectivity index (χ2n) is 7.81. The van der Waals surface area contributed by atoms with Crippen LogP contribution in [0, 0.1) is 0 Å². The lowest BCUT2D eigenvalue weighted by Gasteiger charge is -2.23. The van der Waals surface area contributed by atoms with E-state index in [0.717, 1.165) is 5.56 Å². The number of hydrogen-bond acceptors (Lipinski definition) is 5. The van der Waals surface area contributed by atoms with Crippen molar-refractivity contribution in [3.63, 3.8) is 0 Å². The normalized spacial score (nSPS) is 20.3. The summed E-state index contributed by atoms with van der Waals surface area (Å²) < 4.78 is 43.0. The molecule has 29 heavy (non-hydrogen) atoms. The fourth-order valence-corrected chi connectivity index (χ4v) is 5.04. The van der Waals surface area contributed by atoms with Gasteiger partial charge in [-0.3, -0.25) is 9.48 Å². The Bertz CT molecular complexity index is 972. The van der Waals surface area contributed by atoms with Crippen molar-refractivity contribution < 1.29 is 17.6 Å². The van der Waals surface area contributed by atoms with Gasteiger partial charge in [0, 0.05) is 26.7 Å². The number of halogens is 1. The lowest BCUT2D eigenvalue weighted by molar-refractivity contribution is 0.0822. The monoisotopic (exact) mass is 423 g/mol. The Hall–Kier alpha value is -2.33. The molecule has 0 N–H and O–H groups in total. The Labute approximate surface area is 170 Å². The van der Waals surface area contributed by atoms with Crippen LogP contribution in [-0.4, -0.2) is 71.4 Å². The van der Waals surface area contributed by atoms with Gasteiger partial charge in [-0.25, -0.2) is 12.8 Å². The Morgan fingerprint density at radius 1 is 1.28 bits per heavy atom. The third-order valence-corrected chi connectivity index (χ3v) is 6.96. The zero-order chi connectivity index (χ0) is 21.3. The van der Waals surface area contributed by atoms with E-state index in [2.05, 4.69) is 10.3 Å². The highest BCUT2D eigenvalue weighted by Crippen LogP contribution is 2.29. The van der Waals surface area contributed by atoms with Crippen LogP contribution >= 0.6 is 0 Å². The summed E-state index contributed by atoms with van der Waals surface area (Å²) in [6.07, 6.45) is 0.270. The third-order valence-electron chi connectivity index (χ3n) is 5.03. The molecule has 158 valence electrons. The lowest BCUT2D eigenvalue weighted by atomic mass is 10.0. The van der Waals surface area contributed by atoms with Crippen LogP contribution in [0.4, 0.5) is 4.39 Å². The van der Waals surface area contributed by atoms with Crippen LogP contribution in [0.25, 0.3) is 0 Å². The van der Waals surface area contributed by atoms with E-state index in [9.17, 15) is 17.6 Å². The van der Waals surface area contributed by atoms with E-state index in [1.165, 1.54) is 20.1 Å². The number of carbonyl (C=O) groups excluding carboxylic acids is 1. The molecule has 1 aliphatic heterocycles. The molecule has 8 nitrogen and oxygen atoms in total. The van der Waals surface area contributed by atoms with Gasteiger partial charge >= 0.3 is 0 Å². The van der Waals surface area contributed by atoms with Crippen molar-refractivity contribution in [2.45, 2.75) is 49.8 Å². The van der Waals surface area contributed by atoms with Crippen LogP contribution in [0.15, 0.2) is 35.4 Å². The van der Waals surface area contributed by atoms with Crippen molar-refractivity contribution >= 4 is 15.9 Å². The summed E-state index contributed by atoms with van der Waals surface area (Å²) in [5, 5.41) is 7.73. The van der Waals surface area contributed by atoms with Crippen molar-refractivity contribution in [2.75, 3.05) is 20.6 Å². The van der Waals surface area contributed by atoms with Crippen LogP contribution in [0.1, 0.15) is 42.2 Å². The SMILES string of the molecule is CC(C)c1ccc(S(=O)(=O)N2C[C@@H](F)C[C@H]2Cn2cc(C(=O)N(C)C)nn2)cc1. The van der Waals surface area contributed by atoms with Gasteiger partial charge in [-0.2, -0.15) is 4.31 Å². The van der Waals surface area contributed by atoms with Crippen LogP contribution in [0.3, 0.4) is 0 Å². The Morgan fingerprint density at radius 2 is 1.93 bits per heavy atom. The molecule has 1 aliphatic rings. The summed E-state index contributed by atoms with van der Waals surface area (Å²) >= 11 is 0. The van der Waals surface area contributed by atoms with E-state index in [4.69, 9.17) is 0 Å². The summed E-state index contributed by atoms with van der Waals surface area (Å²) in [5.41, 5.74) is 1.19. The van der Waals surface area contributed by atoms with E-state index in [1.807, 2.05) is 13.8 Å². The number of alkyl halides is 1. The standard InChI is InChI=1S/C19H26FN5O3S/c1-13(2)14-5-7-17(8-6-14)29(27,28)25-10-15(20)9-16(25)11-24-12-18(21-22-24)19(26)23(3)4/h5-8,12-13,15-16H,9-11H2,1-4H3/t15-,16-/m0/s1. The molecule has 1 aromatic carbocycles. The Morgan fingerprint density at radius 3 is 2.52 bits per heavy atom. The molecule has 0 radical (unpaired) electrons. The first-order chi connectivity index (χ1) is 13.6. The molecular weight excluding hydrogens is 397 g/mol. The number of hydrogen-bond donors (Lipinski definition) is 0. The second-order valence-corrected chi connectivity index (χ2v) is 9.70. The zero-order valence-electron chi connectivity index (χ0n) is 17.0. The van der Waals surface area contributed by atoms with Crippen LogP contribution in [0.2, 0.25) is 0 Å². The average Bonchev–Trinajstić information content (AvgIpc) is 3.28. The highest BCUT2D eigenvalue weighted by atomic mass is 32.2. The first kappa shape index (κ1) is 21.4. The highest BCUT2D eigenvalue weighted by molar-refractivity contribution is 7.89. The first-order valence-corrected chi connectivity index (χ1v) is 10.9. The van der Waals surface area contributed by atoms with Gasteiger partial charge in [0.05, 0.1) is 17.6 Å². The van der Waals surface area contributed by atoms with E-state index >= 15 is 0 Å². The quantitative estimate of drug-likeness (QED) is 0.708. The van der Waals surface area contributed by atoms with Crippen molar-refractivity contribution in [2.24, 2.45) is 0 Å². The van der Waals surface area contributed by atoms with E-state index < -0.39 is 22.2 Å². The molecule has 3 rings (SSSR count). The van der Waals surface area contributed by atoms with Gasteiger partial charge in [-0.1, -0.05) is 31.2 Å².